The zero-order chi connectivity index (χ0) is 19.4. The van der Waals surface area contributed by atoms with Gasteiger partial charge in [0.05, 0.1) is 11.8 Å². The third-order valence-electron chi connectivity index (χ3n) is 2.73. The number of hydrogen-bond acceptors (Lipinski definition) is 7. The third-order valence-corrected chi connectivity index (χ3v) is 3.62. The fraction of sp³-hybridized carbons (Fsp3) is 0.167. The van der Waals surface area contributed by atoms with Crippen LogP contribution in [0, 0.1) is 0 Å². The van der Waals surface area contributed by atoms with Crippen LogP contribution in [0.15, 0.2) is 72.5 Å². The Morgan fingerprint density at radius 1 is 1.12 bits per heavy atom. The van der Waals surface area contributed by atoms with Crippen LogP contribution >= 0.6 is 7.82 Å². The molecule has 0 spiro atoms. The predicted molar refractivity (Wildman–Crippen MR) is 94.3 cm³/mol. The minimum atomic E-state index is -4.15. The first kappa shape index (κ1) is 21.4. The highest BCUT2D eigenvalue weighted by molar-refractivity contribution is 7.46. The lowest BCUT2D eigenvalue weighted by molar-refractivity contribution is -0.214. The molecule has 0 aromatic heterocycles. The van der Waals surface area contributed by atoms with Crippen LogP contribution in [0.2, 0.25) is 0 Å². The number of aliphatic hydroxyl groups excluding tert-OH is 1. The minimum absolute atomic E-state index is 0.0527. The number of carbonyl (C=O) groups excluding carboxylic acids is 1. The standard InChI is InChI=1S/C11H12O3.C7H9O4P/c1-9(12)7-11(13)14-8-10-5-3-2-4-6-10;1-10-12(8,9)11-7-5-3-2-4-6-7/h2-7,12H,8H2,1H3;2-6H,1H3,(H,8,9)/p-1/b9-7-;. The minimum Gasteiger partial charge on any atom is -0.746 e. The first-order valence-corrected chi connectivity index (χ1v) is 8.98. The Balaban J connectivity index is 0.000000263. The average molecular weight is 379 g/mol. The van der Waals surface area contributed by atoms with Gasteiger partial charge in [0.25, 0.3) is 0 Å². The van der Waals surface area contributed by atoms with Crippen LogP contribution in [0.1, 0.15) is 12.5 Å². The monoisotopic (exact) mass is 379 g/mol. The molecule has 1 atom stereocenters. The average Bonchev–Trinajstić information content (AvgIpc) is 2.61. The SMILES string of the molecule is C/C(O)=C/C(=O)OCc1ccccc1.COP(=O)([O-])Oc1ccccc1. The molecule has 8 heteroatoms. The lowest BCUT2D eigenvalue weighted by atomic mass is 10.2. The molecule has 0 saturated carbocycles. The number of phosphoric acid groups is 1. The second-order valence-corrected chi connectivity index (χ2v) is 6.36. The molecule has 0 aliphatic heterocycles. The summed E-state index contributed by atoms with van der Waals surface area (Å²) in [5.74, 6) is -0.338. The van der Waals surface area contributed by atoms with Crippen molar-refractivity contribution < 1.29 is 33.1 Å². The highest BCUT2D eigenvalue weighted by Gasteiger charge is 2.06. The van der Waals surface area contributed by atoms with E-state index in [0.29, 0.717) is 0 Å². The molecule has 1 unspecified atom stereocenters. The Kier molecular flexibility index (Phi) is 9.15. The number of carbonyl (C=O) groups is 1. The summed E-state index contributed by atoms with van der Waals surface area (Å²) in [5.41, 5.74) is 0.921. The van der Waals surface area contributed by atoms with Crippen LogP contribution in [0.3, 0.4) is 0 Å². The summed E-state index contributed by atoms with van der Waals surface area (Å²) >= 11 is 0. The van der Waals surface area contributed by atoms with Crippen LogP contribution in [0.5, 0.6) is 5.75 Å². The van der Waals surface area contributed by atoms with Crippen molar-refractivity contribution in [3.63, 3.8) is 0 Å². The van der Waals surface area contributed by atoms with Crippen molar-refractivity contribution in [1.82, 2.24) is 0 Å². The summed E-state index contributed by atoms with van der Waals surface area (Å²) in [5, 5.41) is 8.78. The molecule has 0 saturated heterocycles. The quantitative estimate of drug-likeness (QED) is 0.355. The maximum absolute atomic E-state index is 11.0. The highest BCUT2D eigenvalue weighted by atomic mass is 31.2. The number of benzene rings is 2. The Morgan fingerprint density at radius 2 is 1.65 bits per heavy atom. The van der Waals surface area contributed by atoms with Gasteiger partial charge in [-0.15, -0.1) is 0 Å². The number of phosphoric ester groups is 1. The Bertz CT molecular complexity index is 741. The molecule has 0 aliphatic carbocycles. The molecular weight excluding hydrogens is 359 g/mol. The summed E-state index contributed by atoms with van der Waals surface area (Å²) in [4.78, 5) is 21.7. The molecule has 0 radical (unpaired) electrons. The van der Waals surface area contributed by atoms with Gasteiger partial charge in [-0.05, 0) is 24.6 Å². The van der Waals surface area contributed by atoms with E-state index in [-0.39, 0.29) is 18.1 Å². The third kappa shape index (κ3) is 9.64. The van der Waals surface area contributed by atoms with Gasteiger partial charge in [-0.2, -0.15) is 0 Å². The molecule has 0 fully saturated rings. The first-order chi connectivity index (χ1) is 12.3. The predicted octanol–water partition coefficient (Wildman–Crippen LogP) is 3.37. The molecule has 26 heavy (non-hydrogen) atoms. The fourth-order valence-corrected chi connectivity index (χ4v) is 2.04. The number of rotatable bonds is 6. The van der Waals surface area contributed by atoms with Gasteiger partial charge in [-0.1, -0.05) is 48.5 Å². The van der Waals surface area contributed by atoms with Crippen molar-refractivity contribution in [2.75, 3.05) is 7.11 Å². The van der Waals surface area contributed by atoms with E-state index in [0.717, 1.165) is 18.7 Å². The van der Waals surface area contributed by atoms with Gasteiger partial charge in [0.15, 0.2) is 0 Å². The molecule has 0 amide bonds. The summed E-state index contributed by atoms with van der Waals surface area (Å²) < 4.78 is 24.3. The summed E-state index contributed by atoms with van der Waals surface area (Å²) in [7, 11) is -3.09. The van der Waals surface area contributed by atoms with Gasteiger partial charge in [0.2, 0.25) is 0 Å². The Morgan fingerprint density at radius 3 is 2.15 bits per heavy atom. The number of esters is 1. The van der Waals surface area contributed by atoms with Crippen molar-refractivity contribution in [1.29, 1.82) is 0 Å². The molecule has 2 rings (SSSR count). The van der Waals surface area contributed by atoms with E-state index in [1.807, 2.05) is 30.3 Å². The molecule has 7 nitrogen and oxygen atoms in total. The van der Waals surface area contributed by atoms with Crippen LogP contribution in [-0.2, 0) is 25.2 Å². The van der Waals surface area contributed by atoms with E-state index in [1.165, 1.54) is 19.1 Å². The van der Waals surface area contributed by atoms with Gasteiger partial charge in [0.1, 0.15) is 12.4 Å². The highest BCUT2D eigenvalue weighted by Crippen LogP contribution is 2.37. The van der Waals surface area contributed by atoms with Crippen LogP contribution < -0.4 is 9.42 Å². The van der Waals surface area contributed by atoms with E-state index >= 15 is 0 Å². The summed E-state index contributed by atoms with van der Waals surface area (Å²) in [6, 6.07) is 17.5. The first-order valence-electron chi connectivity index (χ1n) is 7.52. The fourth-order valence-electron chi connectivity index (χ4n) is 1.59. The van der Waals surface area contributed by atoms with Gasteiger partial charge in [-0.3, -0.25) is 4.57 Å². The van der Waals surface area contributed by atoms with Crippen LogP contribution in [-0.4, -0.2) is 18.2 Å². The van der Waals surface area contributed by atoms with E-state index in [1.54, 1.807) is 18.2 Å². The zero-order valence-corrected chi connectivity index (χ0v) is 15.3. The molecule has 0 aliphatic rings. The number of para-hydroxylation sites is 1. The van der Waals surface area contributed by atoms with Gasteiger partial charge < -0.3 is 23.8 Å². The number of aliphatic hydroxyl groups is 1. The molecule has 1 N–H and O–H groups in total. The van der Waals surface area contributed by atoms with Gasteiger partial charge in [0, 0.05) is 7.11 Å². The normalized spacial score (nSPS) is 13.0. The lowest BCUT2D eigenvalue weighted by Gasteiger charge is -2.20. The van der Waals surface area contributed by atoms with Crippen LogP contribution in [0.25, 0.3) is 0 Å². The Labute approximate surface area is 152 Å². The van der Waals surface area contributed by atoms with E-state index in [9.17, 15) is 14.3 Å². The summed E-state index contributed by atoms with van der Waals surface area (Å²) in [6.07, 6.45) is 1.04. The molecule has 0 bridgehead atoms. The number of hydrogen-bond donors (Lipinski definition) is 1. The molecule has 2 aromatic rings. The van der Waals surface area contributed by atoms with E-state index in [2.05, 4.69) is 9.05 Å². The van der Waals surface area contributed by atoms with Crippen LogP contribution in [0.4, 0.5) is 0 Å². The molecule has 0 heterocycles. The maximum atomic E-state index is 11.0. The van der Waals surface area contributed by atoms with Crippen molar-refractivity contribution in [2.45, 2.75) is 13.5 Å². The largest absolute Gasteiger partial charge is 0.746 e. The van der Waals surface area contributed by atoms with E-state index in [4.69, 9.17) is 9.84 Å². The van der Waals surface area contributed by atoms with Crippen molar-refractivity contribution >= 4 is 13.8 Å². The van der Waals surface area contributed by atoms with Crippen molar-refractivity contribution in [3.05, 3.63) is 78.1 Å². The molecular formula is C18H20O7P-. The molecule has 140 valence electrons. The number of ether oxygens (including phenoxy) is 1. The van der Waals surface area contributed by atoms with Crippen molar-refractivity contribution in [2.24, 2.45) is 0 Å². The van der Waals surface area contributed by atoms with Crippen molar-refractivity contribution in [3.8, 4) is 5.75 Å². The lowest BCUT2D eigenvalue weighted by Crippen LogP contribution is -2.08. The second-order valence-electron chi connectivity index (χ2n) is 4.91. The molecule has 2 aromatic carbocycles. The maximum Gasteiger partial charge on any atom is 0.334 e. The smallest absolute Gasteiger partial charge is 0.334 e. The number of allylic oxidation sites excluding steroid dienone is 1. The van der Waals surface area contributed by atoms with Gasteiger partial charge >= 0.3 is 13.8 Å². The van der Waals surface area contributed by atoms with E-state index < -0.39 is 13.8 Å². The summed E-state index contributed by atoms with van der Waals surface area (Å²) in [6.45, 7) is 1.65. The topological polar surface area (TPSA) is 105 Å². The second kappa shape index (κ2) is 11.1. The Hall–Kier alpha value is -2.60. The van der Waals surface area contributed by atoms with Gasteiger partial charge in [-0.25, -0.2) is 4.79 Å². The zero-order valence-electron chi connectivity index (χ0n) is 14.4.